The van der Waals surface area contributed by atoms with E-state index in [4.69, 9.17) is 0 Å². The minimum atomic E-state index is -3.28. The molecule has 0 spiro atoms. The molecule has 6 nitrogen and oxygen atoms in total. The highest BCUT2D eigenvalue weighted by molar-refractivity contribution is 7.86. The summed E-state index contributed by atoms with van der Waals surface area (Å²) < 4.78 is 27.1. The van der Waals surface area contributed by atoms with Gasteiger partial charge in [0.1, 0.15) is 0 Å². The Bertz CT molecular complexity index is 524. The lowest BCUT2D eigenvalue weighted by atomic mass is 9.94. The zero-order valence-electron chi connectivity index (χ0n) is 11.8. The van der Waals surface area contributed by atoms with Gasteiger partial charge in [-0.3, -0.25) is 5.10 Å². The number of hydrogen-bond donors (Lipinski definition) is 1. The van der Waals surface area contributed by atoms with E-state index in [0.717, 1.165) is 30.5 Å². The molecule has 1 aromatic heterocycles. The largest absolute Gasteiger partial charge is 0.282 e. The summed E-state index contributed by atoms with van der Waals surface area (Å²) in [4.78, 5) is 0. The Balaban J connectivity index is 2.04. The first-order valence-electron chi connectivity index (χ1n) is 6.57. The number of H-pyrrole nitrogens is 1. The lowest BCUT2D eigenvalue weighted by Crippen LogP contribution is -2.45. The summed E-state index contributed by atoms with van der Waals surface area (Å²) in [5.74, 6) is 0.364. The van der Waals surface area contributed by atoms with Crippen LogP contribution in [0.4, 0.5) is 0 Å². The standard InChI is InChI=1S/C12H22N4O2S/c1-10-8-13-14-12(10)7-11-5-4-6-16(9-11)19(17,18)15(2)3/h8,11H,4-7,9H2,1-3H3,(H,13,14). The van der Waals surface area contributed by atoms with Crippen molar-refractivity contribution < 1.29 is 8.42 Å². The van der Waals surface area contributed by atoms with Crippen LogP contribution in [0.15, 0.2) is 6.20 Å². The van der Waals surface area contributed by atoms with Gasteiger partial charge in [0.05, 0.1) is 6.20 Å². The molecule has 0 bridgehead atoms. The molecule has 1 unspecified atom stereocenters. The van der Waals surface area contributed by atoms with Crippen molar-refractivity contribution in [3.05, 3.63) is 17.5 Å². The average Bonchev–Trinajstić information content (AvgIpc) is 2.75. The SMILES string of the molecule is Cc1cn[nH]c1CC1CCCN(S(=O)(=O)N(C)C)C1. The molecule has 1 aliphatic heterocycles. The Labute approximate surface area is 115 Å². The van der Waals surface area contributed by atoms with E-state index in [2.05, 4.69) is 10.2 Å². The summed E-state index contributed by atoms with van der Waals surface area (Å²) in [5.41, 5.74) is 2.27. The highest BCUT2D eigenvalue weighted by Gasteiger charge is 2.30. The number of nitrogens with zero attached hydrogens (tertiary/aromatic N) is 3. The Morgan fingerprint density at radius 3 is 2.84 bits per heavy atom. The van der Waals surface area contributed by atoms with Gasteiger partial charge in [-0.1, -0.05) is 0 Å². The van der Waals surface area contributed by atoms with E-state index in [0.29, 0.717) is 19.0 Å². The van der Waals surface area contributed by atoms with Gasteiger partial charge in [-0.2, -0.15) is 22.1 Å². The summed E-state index contributed by atoms with van der Waals surface area (Å²) in [6.07, 6.45) is 4.67. The second-order valence-corrected chi connectivity index (χ2v) is 7.53. The molecule has 1 fully saturated rings. The molecular weight excluding hydrogens is 264 g/mol. The van der Waals surface area contributed by atoms with E-state index in [-0.39, 0.29) is 0 Å². The maximum atomic E-state index is 12.1. The predicted molar refractivity (Wildman–Crippen MR) is 73.9 cm³/mol. The van der Waals surface area contributed by atoms with Crippen molar-refractivity contribution in [3.63, 3.8) is 0 Å². The molecule has 19 heavy (non-hydrogen) atoms. The third-order valence-corrected chi connectivity index (χ3v) is 5.60. The van der Waals surface area contributed by atoms with Gasteiger partial charge in [0.25, 0.3) is 10.2 Å². The molecule has 1 aromatic rings. The van der Waals surface area contributed by atoms with Crippen LogP contribution in [0.2, 0.25) is 0 Å². The van der Waals surface area contributed by atoms with E-state index < -0.39 is 10.2 Å². The second-order valence-electron chi connectivity index (χ2n) is 5.39. The Kier molecular flexibility index (Phi) is 4.27. The number of aromatic nitrogens is 2. The molecule has 1 N–H and O–H groups in total. The number of hydrogen-bond acceptors (Lipinski definition) is 3. The van der Waals surface area contributed by atoms with Crippen LogP contribution < -0.4 is 0 Å². The molecule has 1 atom stereocenters. The number of aromatic amines is 1. The summed E-state index contributed by atoms with van der Waals surface area (Å²) in [5, 5.41) is 7.02. The average molecular weight is 286 g/mol. The third kappa shape index (κ3) is 3.16. The number of piperidine rings is 1. The van der Waals surface area contributed by atoms with Crippen LogP contribution in [-0.2, 0) is 16.6 Å². The first-order valence-corrected chi connectivity index (χ1v) is 7.97. The molecule has 0 aromatic carbocycles. The molecule has 1 saturated heterocycles. The molecule has 7 heteroatoms. The van der Waals surface area contributed by atoms with Crippen LogP contribution in [-0.4, -0.2) is 54.4 Å². The maximum absolute atomic E-state index is 12.1. The summed E-state index contributed by atoms with van der Waals surface area (Å²) in [7, 11) is -0.118. The number of aryl methyl sites for hydroxylation is 1. The Morgan fingerprint density at radius 1 is 1.53 bits per heavy atom. The monoisotopic (exact) mass is 286 g/mol. The normalized spacial score (nSPS) is 22.0. The van der Waals surface area contributed by atoms with Crippen molar-refractivity contribution in [2.45, 2.75) is 26.2 Å². The summed E-state index contributed by atoms with van der Waals surface area (Å²) in [6.45, 7) is 3.24. The lowest BCUT2D eigenvalue weighted by molar-refractivity contribution is 0.253. The fraction of sp³-hybridized carbons (Fsp3) is 0.750. The van der Waals surface area contributed by atoms with Gasteiger partial charge in [-0.25, -0.2) is 0 Å². The van der Waals surface area contributed by atoms with Crippen molar-refractivity contribution in [3.8, 4) is 0 Å². The van der Waals surface area contributed by atoms with Crippen molar-refractivity contribution in [1.29, 1.82) is 0 Å². The quantitative estimate of drug-likeness (QED) is 0.889. The minimum absolute atomic E-state index is 0.364. The van der Waals surface area contributed by atoms with E-state index in [9.17, 15) is 8.42 Å². The second kappa shape index (κ2) is 5.60. The maximum Gasteiger partial charge on any atom is 0.281 e. The van der Waals surface area contributed by atoms with E-state index >= 15 is 0 Å². The number of nitrogens with one attached hydrogen (secondary N) is 1. The predicted octanol–water partition coefficient (Wildman–Crippen LogP) is 0.779. The van der Waals surface area contributed by atoms with Gasteiger partial charge in [0.15, 0.2) is 0 Å². The summed E-state index contributed by atoms with van der Waals surface area (Å²) in [6, 6.07) is 0. The molecule has 0 aliphatic carbocycles. The van der Waals surface area contributed by atoms with Gasteiger partial charge in [-0.05, 0) is 37.7 Å². The lowest BCUT2D eigenvalue weighted by Gasteiger charge is -2.33. The van der Waals surface area contributed by atoms with Gasteiger partial charge in [0, 0.05) is 32.9 Å². The number of rotatable bonds is 4. The highest BCUT2D eigenvalue weighted by Crippen LogP contribution is 2.23. The fourth-order valence-electron chi connectivity index (χ4n) is 2.50. The third-order valence-electron chi connectivity index (χ3n) is 3.70. The van der Waals surface area contributed by atoms with Crippen LogP contribution in [0.1, 0.15) is 24.1 Å². The fourth-order valence-corrected chi connectivity index (χ4v) is 3.72. The molecule has 0 amide bonds. The van der Waals surface area contributed by atoms with Crippen molar-refractivity contribution in [1.82, 2.24) is 18.8 Å². The molecule has 108 valence electrons. The smallest absolute Gasteiger partial charge is 0.281 e. The zero-order chi connectivity index (χ0) is 14.0. The van der Waals surface area contributed by atoms with Crippen LogP contribution in [0.5, 0.6) is 0 Å². The molecule has 2 rings (SSSR count). The zero-order valence-corrected chi connectivity index (χ0v) is 12.6. The van der Waals surface area contributed by atoms with Crippen molar-refractivity contribution in [2.75, 3.05) is 27.2 Å². The highest BCUT2D eigenvalue weighted by atomic mass is 32.2. The minimum Gasteiger partial charge on any atom is -0.282 e. The van der Waals surface area contributed by atoms with E-state index in [1.807, 2.05) is 13.1 Å². The van der Waals surface area contributed by atoms with Crippen LogP contribution in [0.3, 0.4) is 0 Å². The first-order chi connectivity index (χ1) is 8.91. The molecule has 1 aliphatic rings. The molecular formula is C12H22N4O2S. The van der Waals surface area contributed by atoms with Crippen LogP contribution in [0.25, 0.3) is 0 Å². The van der Waals surface area contributed by atoms with Gasteiger partial charge in [0.2, 0.25) is 0 Å². The summed E-state index contributed by atoms with van der Waals surface area (Å²) >= 11 is 0. The topological polar surface area (TPSA) is 69.3 Å². The molecule has 2 heterocycles. The van der Waals surface area contributed by atoms with Crippen molar-refractivity contribution >= 4 is 10.2 Å². The Hall–Kier alpha value is -0.920. The van der Waals surface area contributed by atoms with E-state index in [1.54, 1.807) is 18.4 Å². The van der Waals surface area contributed by atoms with E-state index in [1.165, 1.54) is 4.31 Å². The van der Waals surface area contributed by atoms with Crippen molar-refractivity contribution in [2.24, 2.45) is 5.92 Å². The van der Waals surface area contributed by atoms with Crippen LogP contribution >= 0.6 is 0 Å². The Morgan fingerprint density at radius 2 is 2.26 bits per heavy atom. The van der Waals surface area contributed by atoms with Gasteiger partial charge in [-0.15, -0.1) is 0 Å². The van der Waals surface area contributed by atoms with Crippen LogP contribution in [0, 0.1) is 12.8 Å². The van der Waals surface area contributed by atoms with Gasteiger partial charge >= 0.3 is 0 Å². The molecule has 0 saturated carbocycles. The van der Waals surface area contributed by atoms with Gasteiger partial charge < -0.3 is 0 Å². The first kappa shape index (κ1) is 14.5. The molecule has 0 radical (unpaired) electrons.